The molecule has 9 atom stereocenters. The predicted molar refractivity (Wildman–Crippen MR) is 137 cm³/mol. The van der Waals surface area contributed by atoms with Crippen molar-refractivity contribution in [2.45, 2.75) is 91.1 Å². The van der Waals surface area contributed by atoms with E-state index in [1.165, 1.54) is 17.7 Å². The van der Waals surface area contributed by atoms with Crippen molar-refractivity contribution in [3.63, 3.8) is 0 Å². The number of ether oxygens (including phenoxy) is 1. The third-order valence-corrected chi connectivity index (χ3v) is 11.1. The van der Waals surface area contributed by atoms with Crippen molar-refractivity contribution in [2.75, 3.05) is 28.2 Å². The quantitative estimate of drug-likeness (QED) is 0.520. The van der Waals surface area contributed by atoms with Crippen LogP contribution in [0.3, 0.4) is 0 Å². The molecule has 6 heteroatoms. The van der Waals surface area contributed by atoms with Crippen molar-refractivity contribution in [1.29, 1.82) is 0 Å². The molecule has 35 heavy (non-hydrogen) atoms. The SMILES string of the molecule is CC(CCC(=O)N(C)C)C1CCC2C3C(=O)CC4C[C@H](OC(=O)N(C)C)CCC4(C)C3CCC12C. The van der Waals surface area contributed by atoms with E-state index in [1.54, 1.807) is 19.0 Å². The standard InChI is InChI=1S/C29H48N2O4/c1-18(8-11-25(33)30(4)5)21-9-10-22-26-23(13-15-29(21,22)3)28(2)14-12-20(35-27(34)31(6)7)16-19(28)17-24(26)32/h18-23,26H,8-17H2,1-7H3/t18?,19?,20-,21?,22?,23?,26?,28?,29?/m1/s1. The zero-order valence-corrected chi connectivity index (χ0v) is 23.1. The van der Waals surface area contributed by atoms with Crippen LogP contribution in [0.4, 0.5) is 4.79 Å². The molecule has 0 radical (unpaired) electrons. The van der Waals surface area contributed by atoms with Gasteiger partial charge < -0.3 is 14.5 Å². The van der Waals surface area contributed by atoms with Gasteiger partial charge in [-0.2, -0.15) is 0 Å². The summed E-state index contributed by atoms with van der Waals surface area (Å²) in [6, 6.07) is 0. The van der Waals surface area contributed by atoms with Gasteiger partial charge >= 0.3 is 6.09 Å². The van der Waals surface area contributed by atoms with Gasteiger partial charge in [0.1, 0.15) is 11.9 Å². The maximum Gasteiger partial charge on any atom is 0.409 e. The second kappa shape index (κ2) is 9.70. The Balaban J connectivity index is 1.46. The molecule has 4 aliphatic rings. The van der Waals surface area contributed by atoms with Crippen molar-refractivity contribution in [3.8, 4) is 0 Å². The van der Waals surface area contributed by atoms with E-state index in [0.29, 0.717) is 48.2 Å². The highest BCUT2D eigenvalue weighted by molar-refractivity contribution is 5.83. The van der Waals surface area contributed by atoms with Crippen LogP contribution in [0.15, 0.2) is 0 Å². The zero-order chi connectivity index (χ0) is 25.7. The van der Waals surface area contributed by atoms with Crippen molar-refractivity contribution < 1.29 is 19.1 Å². The second-order valence-electron chi connectivity index (χ2n) is 13.3. The fourth-order valence-electron chi connectivity index (χ4n) is 9.00. The molecule has 4 saturated carbocycles. The van der Waals surface area contributed by atoms with Crippen LogP contribution in [0.1, 0.15) is 85.0 Å². The van der Waals surface area contributed by atoms with Gasteiger partial charge in [0.15, 0.2) is 0 Å². The van der Waals surface area contributed by atoms with Gasteiger partial charge in [-0.3, -0.25) is 9.59 Å². The number of hydrogen-bond acceptors (Lipinski definition) is 4. The Morgan fingerprint density at radius 2 is 1.63 bits per heavy atom. The van der Waals surface area contributed by atoms with Crippen LogP contribution in [0.25, 0.3) is 0 Å². The lowest BCUT2D eigenvalue weighted by Gasteiger charge is -2.60. The summed E-state index contributed by atoms with van der Waals surface area (Å²) in [5.41, 5.74) is 0.377. The normalized spacial score (nSPS) is 41.3. The lowest BCUT2D eigenvalue weighted by molar-refractivity contribution is -0.161. The monoisotopic (exact) mass is 488 g/mol. The summed E-state index contributed by atoms with van der Waals surface area (Å²) >= 11 is 0. The Labute approximate surface area is 212 Å². The van der Waals surface area contributed by atoms with E-state index in [9.17, 15) is 14.4 Å². The molecule has 4 aliphatic carbocycles. The minimum Gasteiger partial charge on any atom is -0.446 e. The van der Waals surface area contributed by atoms with E-state index in [0.717, 1.165) is 38.5 Å². The Hall–Kier alpha value is -1.59. The summed E-state index contributed by atoms with van der Waals surface area (Å²) in [7, 11) is 7.12. The third kappa shape index (κ3) is 4.64. The van der Waals surface area contributed by atoms with Gasteiger partial charge in [0.25, 0.3) is 0 Å². The number of nitrogens with zero attached hydrogens (tertiary/aromatic N) is 2. The maximum atomic E-state index is 13.7. The van der Waals surface area contributed by atoms with E-state index < -0.39 is 0 Å². The number of ketones is 1. The molecule has 0 heterocycles. The number of amides is 2. The molecule has 0 N–H and O–H groups in total. The minimum atomic E-state index is -0.273. The lowest BCUT2D eigenvalue weighted by atomic mass is 9.44. The Morgan fingerprint density at radius 1 is 0.971 bits per heavy atom. The van der Waals surface area contributed by atoms with E-state index >= 15 is 0 Å². The van der Waals surface area contributed by atoms with Gasteiger partial charge in [-0.15, -0.1) is 0 Å². The molecule has 2 amide bonds. The maximum absolute atomic E-state index is 13.7. The number of Topliss-reactive ketones (excluding diaryl/α,β-unsaturated/α-hetero) is 1. The average Bonchev–Trinajstić information content (AvgIpc) is 3.15. The van der Waals surface area contributed by atoms with Crippen LogP contribution in [-0.4, -0.2) is 61.9 Å². The lowest BCUT2D eigenvalue weighted by Crippen LogP contribution is -2.57. The van der Waals surface area contributed by atoms with Crippen molar-refractivity contribution in [1.82, 2.24) is 9.80 Å². The molecule has 0 aromatic rings. The first-order chi connectivity index (χ1) is 16.4. The van der Waals surface area contributed by atoms with E-state index in [-0.39, 0.29) is 34.9 Å². The molecule has 4 fully saturated rings. The molecule has 0 saturated heterocycles. The summed E-state index contributed by atoms with van der Waals surface area (Å²) in [4.78, 5) is 41.3. The first kappa shape index (κ1) is 26.5. The summed E-state index contributed by atoms with van der Waals surface area (Å²) < 4.78 is 5.75. The summed E-state index contributed by atoms with van der Waals surface area (Å²) in [6.45, 7) is 7.25. The van der Waals surface area contributed by atoms with E-state index in [4.69, 9.17) is 4.74 Å². The van der Waals surface area contributed by atoms with Gasteiger partial charge in [-0.1, -0.05) is 20.8 Å². The highest BCUT2D eigenvalue weighted by atomic mass is 16.6. The van der Waals surface area contributed by atoms with Gasteiger partial charge in [0.05, 0.1) is 0 Å². The summed E-state index contributed by atoms with van der Waals surface area (Å²) in [6.07, 6.45) is 9.34. The number of carbonyl (C=O) groups is 3. The van der Waals surface area contributed by atoms with Crippen LogP contribution >= 0.6 is 0 Å². The Morgan fingerprint density at radius 3 is 2.29 bits per heavy atom. The third-order valence-electron chi connectivity index (χ3n) is 11.1. The first-order valence-electron chi connectivity index (χ1n) is 14.0. The Bertz CT molecular complexity index is 841. The van der Waals surface area contributed by atoms with E-state index in [1.807, 2.05) is 14.1 Å². The van der Waals surface area contributed by atoms with Crippen molar-refractivity contribution in [3.05, 3.63) is 0 Å². The fourth-order valence-corrected chi connectivity index (χ4v) is 9.00. The largest absolute Gasteiger partial charge is 0.446 e. The second-order valence-corrected chi connectivity index (χ2v) is 13.3. The number of hydrogen-bond donors (Lipinski definition) is 0. The molecule has 0 aliphatic heterocycles. The molecule has 4 rings (SSSR count). The van der Waals surface area contributed by atoms with Crippen molar-refractivity contribution in [2.24, 2.45) is 46.3 Å². The van der Waals surface area contributed by atoms with Crippen LogP contribution in [0.5, 0.6) is 0 Å². The first-order valence-corrected chi connectivity index (χ1v) is 14.0. The van der Waals surface area contributed by atoms with Crippen LogP contribution in [0.2, 0.25) is 0 Å². The molecule has 0 aromatic heterocycles. The van der Waals surface area contributed by atoms with Gasteiger partial charge in [-0.25, -0.2) is 4.79 Å². The number of carbonyl (C=O) groups excluding carboxylic acids is 3. The van der Waals surface area contributed by atoms with Crippen molar-refractivity contribution >= 4 is 17.8 Å². The van der Waals surface area contributed by atoms with Crippen LogP contribution < -0.4 is 0 Å². The summed E-state index contributed by atoms with van der Waals surface area (Å²) in [5.74, 6) is 3.25. The predicted octanol–water partition coefficient (Wildman–Crippen LogP) is 5.40. The molecule has 0 aromatic carbocycles. The molecular formula is C29H48N2O4. The highest BCUT2D eigenvalue weighted by Gasteiger charge is 2.63. The fraction of sp³-hybridized carbons (Fsp3) is 0.897. The van der Waals surface area contributed by atoms with Gasteiger partial charge in [0, 0.05) is 47.0 Å². The molecule has 0 spiro atoms. The summed E-state index contributed by atoms with van der Waals surface area (Å²) in [5, 5.41) is 0. The molecule has 6 nitrogen and oxygen atoms in total. The number of fused-ring (bicyclic) bond motifs is 5. The number of rotatable bonds is 5. The van der Waals surface area contributed by atoms with Crippen LogP contribution in [-0.2, 0) is 14.3 Å². The molecule has 8 unspecified atom stereocenters. The molecule has 198 valence electrons. The Kier molecular flexibility index (Phi) is 7.34. The van der Waals surface area contributed by atoms with E-state index in [2.05, 4.69) is 20.8 Å². The molecule has 0 bridgehead atoms. The van der Waals surface area contributed by atoms with Gasteiger partial charge in [-0.05, 0) is 91.8 Å². The molecular weight excluding hydrogens is 440 g/mol. The smallest absolute Gasteiger partial charge is 0.409 e. The average molecular weight is 489 g/mol. The van der Waals surface area contributed by atoms with Gasteiger partial charge in [0.2, 0.25) is 5.91 Å². The zero-order valence-electron chi connectivity index (χ0n) is 23.1. The topological polar surface area (TPSA) is 66.9 Å². The highest BCUT2D eigenvalue weighted by Crippen LogP contribution is 2.67. The van der Waals surface area contributed by atoms with Crippen LogP contribution in [0, 0.1) is 46.3 Å². The minimum absolute atomic E-state index is 0.0669.